The third-order valence-electron chi connectivity index (χ3n) is 5.71. The van der Waals surface area contributed by atoms with E-state index in [0.29, 0.717) is 5.56 Å². The number of hydrogen-bond acceptors (Lipinski definition) is 1. The standard InChI is InChI=1S/C26H23ClF3N.ClH/c27-25-7-2-1-6-24(25)21-10-8-19(9-11-21)12-15-31-16-13-20(14-17-31)22-4-3-5-23(18-22)26(28,29)30;/h1-11,13,18H,12,14-17H2;1H. The molecular formula is C26H24Cl2F3N. The lowest BCUT2D eigenvalue weighted by molar-refractivity contribution is -0.137. The van der Waals surface area contributed by atoms with E-state index in [1.165, 1.54) is 17.7 Å². The van der Waals surface area contributed by atoms with Gasteiger partial charge in [-0.3, -0.25) is 4.90 Å². The van der Waals surface area contributed by atoms with Crippen molar-refractivity contribution in [1.82, 2.24) is 4.90 Å². The second-order valence-electron chi connectivity index (χ2n) is 7.79. The molecule has 0 saturated carbocycles. The monoisotopic (exact) mass is 477 g/mol. The van der Waals surface area contributed by atoms with Gasteiger partial charge < -0.3 is 0 Å². The Morgan fingerprint density at radius 1 is 0.875 bits per heavy atom. The Kier molecular flexibility index (Phi) is 8.05. The van der Waals surface area contributed by atoms with Crippen molar-refractivity contribution in [1.29, 1.82) is 0 Å². The second-order valence-corrected chi connectivity index (χ2v) is 8.19. The van der Waals surface area contributed by atoms with Crippen molar-refractivity contribution in [3.05, 3.63) is 101 Å². The summed E-state index contributed by atoms with van der Waals surface area (Å²) in [5.41, 5.74) is 4.45. The highest BCUT2D eigenvalue weighted by atomic mass is 35.5. The molecule has 168 valence electrons. The van der Waals surface area contributed by atoms with E-state index in [4.69, 9.17) is 11.6 Å². The number of halogens is 5. The SMILES string of the molecule is Cl.FC(F)(F)c1cccc(C2=CCN(CCc3ccc(-c4ccccc4Cl)cc3)CC2)c1. The molecule has 32 heavy (non-hydrogen) atoms. The van der Waals surface area contributed by atoms with E-state index in [9.17, 15) is 13.2 Å². The van der Waals surface area contributed by atoms with Gasteiger partial charge in [0.25, 0.3) is 0 Å². The van der Waals surface area contributed by atoms with E-state index in [1.54, 1.807) is 6.07 Å². The highest BCUT2D eigenvalue weighted by molar-refractivity contribution is 6.33. The molecule has 0 N–H and O–H groups in total. The first kappa shape index (κ1) is 24.4. The van der Waals surface area contributed by atoms with E-state index in [2.05, 4.69) is 35.2 Å². The highest BCUT2D eigenvalue weighted by Crippen LogP contribution is 2.32. The van der Waals surface area contributed by atoms with Gasteiger partial charge in [0.05, 0.1) is 5.56 Å². The Morgan fingerprint density at radius 3 is 2.28 bits per heavy atom. The van der Waals surface area contributed by atoms with Crippen LogP contribution in [0, 0.1) is 0 Å². The average molecular weight is 478 g/mol. The van der Waals surface area contributed by atoms with Gasteiger partial charge in [-0.25, -0.2) is 0 Å². The van der Waals surface area contributed by atoms with Crippen molar-refractivity contribution in [3.8, 4) is 11.1 Å². The molecule has 0 aliphatic carbocycles. The molecule has 0 aromatic heterocycles. The molecule has 3 aromatic rings. The summed E-state index contributed by atoms with van der Waals surface area (Å²) in [5.74, 6) is 0. The summed E-state index contributed by atoms with van der Waals surface area (Å²) in [5, 5.41) is 0.743. The summed E-state index contributed by atoms with van der Waals surface area (Å²) in [6.45, 7) is 2.51. The van der Waals surface area contributed by atoms with Crippen molar-refractivity contribution in [2.45, 2.75) is 19.0 Å². The predicted molar refractivity (Wildman–Crippen MR) is 128 cm³/mol. The zero-order valence-electron chi connectivity index (χ0n) is 17.4. The summed E-state index contributed by atoms with van der Waals surface area (Å²) in [6.07, 6.45) is -0.569. The molecule has 0 bridgehead atoms. The molecule has 0 unspecified atom stereocenters. The van der Waals surface area contributed by atoms with Crippen molar-refractivity contribution in [2.24, 2.45) is 0 Å². The third-order valence-corrected chi connectivity index (χ3v) is 6.04. The van der Waals surface area contributed by atoms with E-state index >= 15 is 0 Å². The van der Waals surface area contributed by atoms with Crippen LogP contribution in [0.15, 0.2) is 78.9 Å². The maximum atomic E-state index is 13.0. The predicted octanol–water partition coefficient (Wildman–Crippen LogP) is 7.78. The van der Waals surface area contributed by atoms with Gasteiger partial charge in [0.15, 0.2) is 0 Å². The van der Waals surface area contributed by atoms with Crippen LogP contribution in [0.5, 0.6) is 0 Å². The fourth-order valence-corrected chi connectivity index (χ4v) is 4.15. The average Bonchev–Trinajstić information content (AvgIpc) is 2.78. The summed E-state index contributed by atoms with van der Waals surface area (Å²) in [6, 6.07) is 21.9. The first-order valence-electron chi connectivity index (χ1n) is 10.3. The molecule has 1 aliphatic rings. The van der Waals surface area contributed by atoms with Gasteiger partial charge in [0.1, 0.15) is 0 Å². The molecule has 0 radical (unpaired) electrons. The Bertz CT molecular complexity index is 1070. The molecule has 0 amide bonds. The van der Waals surface area contributed by atoms with E-state index in [1.807, 2.05) is 24.3 Å². The highest BCUT2D eigenvalue weighted by Gasteiger charge is 2.30. The first-order valence-corrected chi connectivity index (χ1v) is 10.7. The zero-order valence-corrected chi connectivity index (χ0v) is 19.0. The molecule has 1 heterocycles. The van der Waals surface area contributed by atoms with Gasteiger partial charge in [-0.2, -0.15) is 13.2 Å². The normalized spacial score (nSPS) is 14.6. The van der Waals surface area contributed by atoms with Crippen molar-refractivity contribution in [3.63, 3.8) is 0 Å². The number of benzene rings is 3. The first-order chi connectivity index (χ1) is 14.9. The van der Waals surface area contributed by atoms with Crippen LogP contribution in [-0.4, -0.2) is 24.5 Å². The van der Waals surface area contributed by atoms with Crippen molar-refractivity contribution >= 4 is 29.6 Å². The minimum atomic E-state index is -4.31. The fourth-order valence-electron chi connectivity index (χ4n) is 3.91. The summed E-state index contributed by atoms with van der Waals surface area (Å²) < 4.78 is 38.9. The molecule has 3 aromatic carbocycles. The maximum Gasteiger partial charge on any atom is 0.416 e. The van der Waals surface area contributed by atoms with Gasteiger partial charge in [-0.15, -0.1) is 12.4 Å². The second kappa shape index (κ2) is 10.6. The van der Waals surface area contributed by atoms with Crippen LogP contribution in [0.3, 0.4) is 0 Å². The minimum Gasteiger partial charge on any atom is -0.299 e. The molecular weight excluding hydrogens is 454 g/mol. The number of nitrogens with zero attached hydrogens (tertiary/aromatic N) is 1. The van der Waals surface area contributed by atoms with Crippen LogP contribution in [0.25, 0.3) is 16.7 Å². The van der Waals surface area contributed by atoms with E-state index < -0.39 is 11.7 Å². The Balaban J connectivity index is 0.00000289. The van der Waals surface area contributed by atoms with Crippen LogP contribution >= 0.6 is 24.0 Å². The molecule has 0 fully saturated rings. The summed E-state index contributed by atoms with van der Waals surface area (Å²) in [7, 11) is 0. The Hall–Kier alpha value is -2.27. The molecule has 0 atom stereocenters. The molecule has 0 spiro atoms. The molecule has 4 rings (SSSR count). The Morgan fingerprint density at radius 2 is 1.62 bits per heavy atom. The van der Waals surface area contributed by atoms with E-state index in [-0.39, 0.29) is 12.4 Å². The fraction of sp³-hybridized carbons (Fsp3) is 0.231. The van der Waals surface area contributed by atoms with E-state index in [0.717, 1.165) is 60.3 Å². The topological polar surface area (TPSA) is 3.24 Å². The van der Waals surface area contributed by atoms with Crippen LogP contribution in [0.4, 0.5) is 13.2 Å². The third kappa shape index (κ3) is 5.94. The lowest BCUT2D eigenvalue weighted by Crippen LogP contribution is -2.30. The van der Waals surface area contributed by atoms with Crippen LogP contribution in [0.2, 0.25) is 5.02 Å². The largest absolute Gasteiger partial charge is 0.416 e. The van der Waals surface area contributed by atoms with Gasteiger partial charge in [-0.1, -0.05) is 72.3 Å². The lowest BCUT2D eigenvalue weighted by Gasteiger charge is -2.26. The molecule has 6 heteroatoms. The van der Waals surface area contributed by atoms with Crippen LogP contribution in [-0.2, 0) is 12.6 Å². The number of rotatable bonds is 5. The summed E-state index contributed by atoms with van der Waals surface area (Å²) >= 11 is 6.28. The van der Waals surface area contributed by atoms with Crippen molar-refractivity contribution in [2.75, 3.05) is 19.6 Å². The van der Waals surface area contributed by atoms with Gasteiger partial charge >= 0.3 is 6.18 Å². The van der Waals surface area contributed by atoms with Crippen molar-refractivity contribution < 1.29 is 13.2 Å². The molecule has 0 saturated heterocycles. The summed E-state index contributed by atoms with van der Waals surface area (Å²) in [4.78, 5) is 2.33. The minimum absolute atomic E-state index is 0. The molecule has 1 aliphatic heterocycles. The van der Waals surface area contributed by atoms with Gasteiger partial charge in [0, 0.05) is 30.2 Å². The smallest absolute Gasteiger partial charge is 0.299 e. The van der Waals surface area contributed by atoms with Gasteiger partial charge in [-0.05, 0) is 53.3 Å². The Labute approximate surface area is 197 Å². The quantitative estimate of drug-likeness (QED) is 0.362. The maximum absolute atomic E-state index is 13.0. The van der Waals surface area contributed by atoms with Crippen LogP contribution in [0.1, 0.15) is 23.1 Å². The van der Waals surface area contributed by atoms with Crippen LogP contribution < -0.4 is 0 Å². The lowest BCUT2D eigenvalue weighted by atomic mass is 9.97. The van der Waals surface area contributed by atoms with Gasteiger partial charge in [0.2, 0.25) is 0 Å². The number of hydrogen-bond donors (Lipinski definition) is 0. The zero-order chi connectivity index (χ0) is 21.8. The molecule has 1 nitrogen and oxygen atoms in total. The number of alkyl halides is 3.